The maximum Gasteiger partial charge on any atom is 0.244 e. The first-order chi connectivity index (χ1) is 9.90. The third-order valence-electron chi connectivity index (χ3n) is 3.98. The number of aryl methyl sites for hydroxylation is 1. The van der Waals surface area contributed by atoms with Crippen LogP contribution in [0.3, 0.4) is 0 Å². The SMILES string of the molecule is Cc1nn(CC(=O)N(C)CC(=O)N2CCCC2)c(C)c1N. The summed E-state index contributed by atoms with van der Waals surface area (Å²) in [4.78, 5) is 27.5. The van der Waals surface area contributed by atoms with E-state index in [2.05, 4.69) is 5.10 Å². The van der Waals surface area contributed by atoms with Gasteiger partial charge in [0.25, 0.3) is 0 Å². The molecule has 1 fully saturated rings. The second kappa shape index (κ2) is 6.15. The van der Waals surface area contributed by atoms with Gasteiger partial charge in [-0.2, -0.15) is 5.10 Å². The molecule has 21 heavy (non-hydrogen) atoms. The number of nitrogens with zero attached hydrogens (tertiary/aromatic N) is 4. The lowest BCUT2D eigenvalue weighted by molar-refractivity contribution is -0.139. The van der Waals surface area contributed by atoms with E-state index in [9.17, 15) is 9.59 Å². The van der Waals surface area contributed by atoms with Gasteiger partial charge in [0.15, 0.2) is 0 Å². The van der Waals surface area contributed by atoms with Crippen LogP contribution < -0.4 is 5.73 Å². The molecule has 0 saturated carbocycles. The Morgan fingerprint density at radius 1 is 1.29 bits per heavy atom. The Bertz CT molecular complexity index is 546. The number of carbonyl (C=O) groups is 2. The van der Waals surface area contributed by atoms with Gasteiger partial charge in [-0.3, -0.25) is 14.3 Å². The fraction of sp³-hybridized carbons (Fsp3) is 0.643. The lowest BCUT2D eigenvalue weighted by Gasteiger charge is -2.21. The van der Waals surface area contributed by atoms with Crippen LogP contribution in [0.15, 0.2) is 0 Å². The van der Waals surface area contributed by atoms with Gasteiger partial charge in [-0.15, -0.1) is 0 Å². The molecule has 0 atom stereocenters. The topological polar surface area (TPSA) is 84.5 Å². The Labute approximate surface area is 124 Å². The minimum Gasteiger partial charge on any atom is -0.396 e. The highest BCUT2D eigenvalue weighted by Crippen LogP contribution is 2.14. The third-order valence-corrected chi connectivity index (χ3v) is 3.98. The van der Waals surface area contributed by atoms with E-state index >= 15 is 0 Å². The highest BCUT2D eigenvalue weighted by molar-refractivity contribution is 5.84. The molecule has 0 aliphatic carbocycles. The number of likely N-dealkylation sites (N-methyl/N-ethyl adjacent to an activating group) is 1. The number of aromatic nitrogens is 2. The summed E-state index contributed by atoms with van der Waals surface area (Å²) in [5.74, 6) is -0.135. The average Bonchev–Trinajstić information content (AvgIpc) is 3.05. The summed E-state index contributed by atoms with van der Waals surface area (Å²) < 4.78 is 1.59. The van der Waals surface area contributed by atoms with Crippen molar-refractivity contribution in [2.45, 2.75) is 33.2 Å². The van der Waals surface area contributed by atoms with Crippen molar-refractivity contribution >= 4 is 17.5 Å². The Morgan fingerprint density at radius 2 is 1.90 bits per heavy atom. The van der Waals surface area contributed by atoms with E-state index in [4.69, 9.17) is 5.73 Å². The van der Waals surface area contributed by atoms with E-state index in [1.165, 1.54) is 4.90 Å². The number of hydrogen-bond donors (Lipinski definition) is 1. The molecular weight excluding hydrogens is 270 g/mol. The molecule has 116 valence electrons. The van der Waals surface area contributed by atoms with Gasteiger partial charge in [0.05, 0.1) is 23.6 Å². The van der Waals surface area contributed by atoms with Crippen molar-refractivity contribution in [1.29, 1.82) is 0 Å². The molecule has 1 aromatic heterocycles. The first-order valence-corrected chi connectivity index (χ1v) is 7.21. The summed E-state index contributed by atoms with van der Waals surface area (Å²) in [6, 6.07) is 0. The Morgan fingerprint density at radius 3 is 2.43 bits per heavy atom. The van der Waals surface area contributed by atoms with E-state index in [0.29, 0.717) is 5.69 Å². The molecule has 0 unspecified atom stereocenters. The largest absolute Gasteiger partial charge is 0.396 e. The molecule has 2 heterocycles. The highest BCUT2D eigenvalue weighted by Gasteiger charge is 2.22. The first kappa shape index (κ1) is 15.3. The molecule has 0 radical (unpaired) electrons. The van der Waals surface area contributed by atoms with Crippen molar-refractivity contribution in [3.8, 4) is 0 Å². The van der Waals surface area contributed by atoms with E-state index in [0.717, 1.165) is 37.3 Å². The monoisotopic (exact) mass is 293 g/mol. The van der Waals surface area contributed by atoms with Crippen LogP contribution in [-0.2, 0) is 16.1 Å². The fourth-order valence-electron chi connectivity index (χ4n) is 2.47. The smallest absolute Gasteiger partial charge is 0.244 e. The summed E-state index contributed by atoms with van der Waals surface area (Å²) in [6.45, 7) is 5.47. The molecule has 1 aromatic rings. The molecule has 1 aliphatic rings. The standard InChI is InChI=1S/C14H23N5O2/c1-10-14(15)11(2)19(16-10)9-12(20)17(3)8-13(21)18-6-4-5-7-18/h4-9,15H2,1-3H3. The average molecular weight is 293 g/mol. The number of nitrogen functional groups attached to an aromatic ring is 1. The number of rotatable bonds is 4. The minimum absolute atomic E-state index is 0.0104. The zero-order valence-corrected chi connectivity index (χ0v) is 12.9. The van der Waals surface area contributed by atoms with Gasteiger partial charge in [0, 0.05) is 20.1 Å². The molecule has 1 saturated heterocycles. The summed E-state index contributed by atoms with van der Waals surface area (Å²) in [7, 11) is 1.64. The number of anilines is 1. The first-order valence-electron chi connectivity index (χ1n) is 7.21. The van der Waals surface area contributed by atoms with E-state index < -0.39 is 0 Å². The summed E-state index contributed by atoms with van der Waals surface area (Å²) in [5.41, 5.74) is 7.96. The van der Waals surface area contributed by atoms with Crippen LogP contribution in [0.2, 0.25) is 0 Å². The van der Waals surface area contributed by atoms with E-state index in [-0.39, 0.29) is 24.9 Å². The van der Waals surface area contributed by atoms with Crippen molar-refractivity contribution in [3.63, 3.8) is 0 Å². The Hall–Kier alpha value is -2.05. The predicted molar refractivity (Wildman–Crippen MR) is 79.6 cm³/mol. The number of likely N-dealkylation sites (tertiary alicyclic amines) is 1. The van der Waals surface area contributed by atoms with Crippen LogP contribution in [0.25, 0.3) is 0 Å². The Balaban J connectivity index is 1.93. The van der Waals surface area contributed by atoms with Gasteiger partial charge in [-0.05, 0) is 26.7 Å². The second-order valence-corrected chi connectivity index (χ2v) is 5.58. The number of hydrogen-bond acceptors (Lipinski definition) is 4. The van der Waals surface area contributed by atoms with E-state index in [1.807, 2.05) is 18.7 Å². The van der Waals surface area contributed by atoms with Crippen LogP contribution in [0.4, 0.5) is 5.69 Å². The van der Waals surface area contributed by atoms with Gasteiger partial charge < -0.3 is 15.5 Å². The lowest BCUT2D eigenvalue weighted by Crippen LogP contribution is -2.41. The quantitative estimate of drug-likeness (QED) is 0.857. The summed E-state index contributed by atoms with van der Waals surface area (Å²) in [6.07, 6.45) is 2.10. The van der Waals surface area contributed by atoms with Crippen molar-refractivity contribution < 1.29 is 9.59 Å². The van der Waals surface area contributed by atoms with Crippen LogP contribution in [0, 0.1) is 13.8 Å². The number of amides is 2. The van der Waals surface area contributed by atoms with Gasteiger partial charge >= 0.3 is 0 Å². The van der Waals surface area contributed by atoms with Crippen molar-refractivity contribution in [3.05, 3.63) is 11.4 Å². The van der Waals surface area contributed by atoms with E-state index in [1.54, 1.807) is 11.7 Å². The molecular formula is C14H23N5O2. The summed E-state index contributed by atoms with van der Waals surface area (Å²) >= 11 is 0. The zero-order valence-electron chi connectivity index (χ0n) is 12.9. The maximum absolute atomic E-state index is 12.2. The molecule has 0 bridgehead atoms. The molecule has 2 N–H and O–H groups in total. The van der Waals surface area contributed by atoms with Gasteiger partial charge in [-0.25, -0.2) is 0 Å². The van der Waals surface area contributed by atoms with Gasteiger partial charge in [0.1, 0.15) is 6.54 Å². The number of nitrogens with two attached hydrogens (primary N) is 1. The molecule has 0 aromatic carbocycles. The highest BCUT2D eigenvalue weighted by atomic mass is 16.2. The van der Waals surface area contributed by atoms with Crippen LogP contribution in [-0.4, -0.2) is 58.1 Å². The van der Waals surface area contributed by atoms with Crippen LogP contribution in [0.5, 0.6) is 0 Å². The van der Waals surface area contributed by atoms with Gasteiger partial charge in [-0.1, -0.05) is 0 Å². The van der Waals surface area contributed by atoms with Gasteiger partial charge in [0.2, 0.25) is 11.8 Å². The molecule has 7 heteroatoms. The fourth-order valence-corrected chi connectivity index (χ4v) is 2.47. The van der Waals surface area contributed by atoms with Crippen molar-refractivity contribution in [2.75, 3.05) is 32.4 Å². The predicted octanol–water partition coefficient (Wildman–Crippen LogP) is 0.163. The Kier molecular flexibility index (Phi) is 4.50. The summed E-state index contributed by atoms with van der Waals surface area (Å²) in [5, 5.41) is 4.24. The maximum atomic E-state index is 12.2. The third kappa shape index (κ3) is 3.34. The second-order valence-electron chi connectivity index (χ2n) is 5.58. The molecule has 2 amide bonds. The van der Waals surface area contributed by atoms with Crippen molar-refractivity contribution in [1.82, 2.24) is 19.6 Å². The zero-order chi connectivity index (χ0) is 15.6. The van der Waals surface area contributed by atoms with Crippen molar-refractivity contribution in [2.24, 2.45) is 0 Å². The normalized spacial score (nSPS) is 14.5. The number of carbonyl (C=O) groups excluding carboxylic acids is 2. The minimum atomic E-state index is -0.145. The lowest BCUT2D eigenvalue weighted by atomic mass is 10.3. The van der Waals surface area contributed by atoms with Crippen LogP contribution >= 0.6 is 0 Å². The molecule has 2 rings (SSSR count). The molecule has 7 nitrogen and oxygen atoms in total. The van der Waals surface area contributed by atoms with Crippen LogP contribution in [0.1, 0.15) is 24.2 Å². The molecule has 1 aliphatic heterocycles. The molecule has 0 spiro atoms.